The van der Waals surface area contributed by atoms with Gasteiger partial charge >= 0.3 is 0 Å². The molecule has 0 heterocycles. The number of carbonyl (C=O) groups is 1. The molecule has 0 aliphatic carbocycles. The van der Waals surface area contributed by atoms with Crippen molar-refractivity contribution in [1.29, 1.82) is 0 Å². The van der Waals surface area contributed by atoms with E-state index >= 15 is 0 Å². The highest BCUT2D eigenvalue weighted by molar-refractivity contribution is 6.08. The van der Waals surface area contributed by atoms with Crippen LogP contribution in [0.25, 0.3) is 10.8 Å². The van der Waals surface area contributed by atoms with Crippen molar-refractivity contribution in [2.24, 2.45) is 5.84 Å². The summed E-state index contributed by atoms with van der Waals surface area (Å²) >= 11 is 0. The second kappa shape index (κ2) is 4.43. The van der Waals surface area contributed by atoms with Crippen molar-refractivity contribution in [3.63, 3.8) is 0 Å². The normalized spacial score (nSPS) is 10.3. The van der Waals surface area contributed by atoms with Gasteiger partial charge in [-0.2, -0.15) is 0 Å². The summed E-state index contributed by atoms with van der Waals surface area (Å²) in [6.45, 7) is 1.55. The Bertz CT molecular complexity index is 579. The first-order chi connectivity index (χ1) is 8.17. The minimum Gasteiger partial charge on any atom is -0.495 e. The lowest BCUT2D eigenvalue weighted by molar-refractivity contribution is 0.101. The number of rotatable bonds is 3. The molecule has 0 bridgehead atoms. The Morgan fingerprint density at radius 3 is 2.71 bits per heavy atom. The van der Waals surface area contributed by atoms with Crippen LogP contribution in [-0.4, -0.2) is 12.9 Å². The molecule has 2 aromatic rings. The number of ether oxygens (including phenoxy) is 1. The van der Waals surface area contributed by atoms with Crippen LogP contribution in [0, 0.1) is 0 Å². The zero-order valence-electron chi connectivity index (χ0n) is 9.78. The van der Waals surface area contributed by atoms with E-state index in [1.807, 2.05) is 24.3 Å². The molecule has 0 aliphatic heterocycles. The maximum absolute atomic E-state index is 11.5. The molecule has 0 amide bonds. The lowest BCUT2D eigenvalue weighted by atomic mass is 10.0. The number of hydrogen-bond acceptors (Lipinski definition) is 4. The van der Waals surface area contributed by atoms with Gasteiger partial charge in [0.15, 0.2) is 5.78 Å². The smallest absolute Gasteiger partial charge is 0.160 e. The average Bonchev–Trinajstić information content (AvgIpc) is 2.35. The molecule has 0 fully saturated rings. The standard InChI is InChI=1S/C13H14N2O2/c1-8(16)10-5-3-4-9-6-12(15-14)13(17-2)7-11(9)10/h3-7,15H,14H2,1-2H3. The van der Waals surface area contributed by atoms with Crippen LogP contribution in [0.3, 0.4) is 0 Å². The molecule has 4 nitrogen and oxygen atoms in total. The second-order valence-electron chi connectivity index (χ2n) is 3.78. The van der Waals surface area contributed by atoms with Crippen LogP contribution in [0.1, 0.15) is 17.3 Å². The molecule has 88 valence electrons. The summed E-state index contributed by atoms with van der Waals surface area (Å²) in [7, 11) is 1.57. The Labute approximate surface area is 99.3 Å². The molecule has 0 spiro atoms. The van der Waals surface area contributed by atoms with Crippen molar-refractivity contribution >= 4 is 22.2 Å². The van der Waals surface area contributed by atoms with Crippen molar-refractivity contribution in [3.8, 4) is 5.75 Å². The molecule has 2 aromatic carbocycles. The lowest BCUT2D eigenvalue weighted by Gasteiger charge is -2.11. The van der Waals surface area contributed by atoms with E-state index in [2.05, 4.69) is 5.43 Å². The molecule has 2 rings (SSSR count). The van der Waals surface area contributed by atoms with Crippen molar-refractivity contribution in [1.82, 2.24) is 0 Å². The minimum absolute atomic E-state index is 0.0334. The highest BCUT2D eigenvalue weighted by Crippen LogP contribution is 2.31. The van der Waals surface area contributed by atoms with Crippen LogP contribution in [-0.2, 0) is 0 Å². The minimum atomic E-state index is 0.0334. The van der Waals surface area contributed by atoms with Crippen LogP contribution in [0.5, 0.6) is 5.75 Å². The predicted molar refractivity (Wildman–Crippen MR) is 68.3 cm³/mol. The van der Waals surface area contributed by atoms with Gasteiger partial charge in [0.25, 0.3) is 0 Å². The number of fused-ring (bicyclic) bond motifs is 1. The van der Waals surface area contributed by atoms with Crippen LogP contribution >= 0.6 is 0 Å². The van der Waals surface area contributed by atoms with Gasteiger partial charge in [-0.3, -0.25) is 10.6 Å². The van der Waals surface area contributed by atoms with Gasteiger partial charge in [0.05, 0.1) is 12.8 Å². The number of hydrogen-bond donors (Lipinski definition) is 2. The lowest BCUT2D eigenvalue weighted by Crippen LogP contribution is -2.08. The van der Waals surface area contributed by atoms with E-state index < -0.39 is 0 Å². The SMILES string of the molecule is COc1cc2c(C(C)=O)cccc2cc1NN. The molecule has 0 atom stereocenters. The Morgan fingerprint density at radius 2 is 2.12 bits per heavy atom. The molecule has 4 heteroatoms. The molecule has 0 radical (unpaired) electrons. The number of methoxy groups -OCH3 is 1. The Morgan fingerprint density at radius 1 is 1.35 bits per heavy atom. The van der Waals surface area contributed by atoms with Gasteiger partial charge in [-0.15, -0.1) is 0 Å². The zero-order chi connectivity index (χ0) is 12.4. The summed E-state index contributed by atoms with van der Waals surface area (Å²) in [5, 5.41) is 1.82. The number of nitrogens with one attached hydrogen (secondary N) is 1. The molecule has 0 saturated carbocycles. The first-order valence-electron chi connectivity index (χ1n) is 5.25. The topological polar surface area (TPSA) is 64.3 Å². The van der Waals surface area contributed by atoms with Gasteiger partial charge in [0, 0.05) is 5.56 Å². The number of benzene rings is 2. The van der Waals surface area contributed by atoms with E-state index in [4.69, 9.17) is 10.6 Å². The van der Waals surface area contributed by atoms with Gasteiger partial charge in [-0.1, -0.05) is 18.2 Å². The van der Waals surface area contributed by atoms with Gasteiger partial charge in [0.1, 0.15) is 5.75 Å². The number of anilines is 1. The summed E-state index contributed by atoms with van der Waals surface area (Å²) < 4.78 is 5.23. The van der Waals surface area contributed by atoms with Crippen LogP contribution in [0.15, 0.2) is 30.3 Å². The molecule has 0 saturated heterocycles. The maximum Gasteiger partial charge on any atom is 0.160 e. The average molecular weight is 230 g/mol. The number of ketones is 1. The maximum atomic E-state index is 11.5. The summed E-state index contributed by atoms with van der Waals surface area (Å²) in [5.41, 5.74) is 3.96. The Hall–Kier alpha value is -2.07. The third kappa shape index (κ3) is 1.94. The number of nitrogens with two attached hydrogens (primary N) is 1. The molecular weight excluding hydrogens is 216 g/mol. The molecule has 17 heavy (non-hydrogen) atoms. The fourth-order valence-corrected chi connectivity index (χ4v) is 1.89. The van der Waals surface area contributed by atoms with Gasteiger partial charge in [0.2, 0.25) is 0 Å². The largest absolute Gasteiger partial charge is 0.495 e. The van der Waals surface area contributed by atoms with Gasteiger partial charge in [-0.05, 0) is 29.8 Å². The van der Waals surface area contributed by atoms with Gasteiger partial charge in [-0.25, -0.2) is 0 Å². The van der Waals surface area contributed by atoms with Crippen molar-refractivity contribution < 1.29 is 9.53 Å². The second-order valence-corrected chi connectivity index (χ2v) is 3.78. The monoisotopic (exact) mass is 230 g/mol. The molecule has 3 N–H and O–H groups in total. The van der Waals surface area contributed by atoms with Gasteiger partial charge < -0.3 is 10.2 Å². The third-order valence-corrected chi connectivity index (χ3v) is 2.74. The quantitative estimate of drug-likeness (QED) is 0.482. The van der Waals surface area contributed by atoms with E-state index in [0.717, 1.165) is 10.8 Å². The van der Waals surface area contributed by atoms with E-state index in [1.54, 1.807) is 20.1 Å². The van der Waals surface area contributed by atoms with Crippen molar-refractivity contribution in [2.45, 2.75) is 6.92 Å². The summed E-state index contributed by atoms with van der Waals surface area (Å²) in [5.74, 6) is 6.07. The Kier molecular flexibility index (Phi) is 2.97. The van der Waals surface area contributed by atoms with Crippen molar-refractivity contribution in [2.75, 3.05) is 12.5 Å². The summed E-state index contributed by atoms with van der Waals surface area (Å²) in [4.78, 5) is 11.5. The number of nitrogen functional groups attached to an aromatic ring is 1. The predicted octanol–water partition coefficient (Wildman–Crippen LogP) is 2.34. The van der Waals surface area contributed by atoms with Crippen LogP contribution in [0.2, 0.25) is 0 Å². The van der Waals surface area contributed by atoms with E-state index in [0.29, 0.717) is 17.0 Å². The van der Waals surface area contributed by atoms with E-state index in [1.165, 1.54) is 0 Å². The fraction of sp³-hybridized carbons (Fsp3) is 0.154. The van der Waals surface area contributed by atoms with E-state index in [-0.39, 0.29) is 5.78 Å². The van der Waals surface area contributed by atoms with Crippen molar-refractivity contribution in [3.05, 3.63) is 35.9 Å². The van der Waals surface area contributed by atoms with E-state index in [9.17, 15) is 4.79 Å². The third-order valence-electron chi connectivity index (χ3n) is 2.74. The Balaban J connectivity index is 2.78. The fourth-order valence-electron chi connectivity index (χ4n) is 1.89. The highest BCUT2D eigenvalue weighted by atomic mass is 16.5. The van der Waals surface area contributed by atoms with Crippen LogP contribution < -0.4 is 16.0 Å². The number of hydrazine groups is 1. The molecule has 0 aromatic heterocycles. The molecular formula is C13H14N2O2. The van der Waals surface area contributed by atoms with Crippen LogP contribution in [0.4, 0.5) is 5.69 Å². The first kappa shape index (κ1) is 11.4. The highest BCUT2D eigenvalue weighted by Gasteiger charge is 2.09. The summed E-state index contributed by atoms with van der Waals surface area (Å²) in [6, 6.07) is 9.27. The first-order valence-corrected chi connectivity index (χ1v) is 5.25. The molecule has 0 aliphatic rings. The number of carbonyl (C=O) groups excluding carboxylic acids is 1. The molecule has 0 unspecified atom stereocenters. The summed E-state index contributed by atoms with van der Waals surface area (Å²) in [6.07, 6.45) is 0. The zero-order valence-corrected chi connectivity index (χ0v) is 9.78. The number of Topliss-reactive ketones (excluding diaryl/α,β-unsaturated/α-hetero) is 1.